The first-order chi connectivity index (χ1) is 7.80. The van der Waals surface area contributed by atoms with Crippen LogP contribution in [0.15, 0.2) is 10.6 Å². The molecule has 96 valence electrons. The second-order valence-corrected chi connectivity index (χ2v) is 7.62. The van der Waals surface area contributed by atoms with E-state index in [-0.39, 0.29) is 0 Å². The summed E-state index contributed by atoms with van der Waals surface area (Å²) >= 11 is 0. The first-order valence-corrected chi connectivity index (χ1v) is 7.58. The minimum absolute atomic E-state index is 0.396. The maximum absolute atomic E-state index is 11.6. The second-order valence-electron chi connectivity index (χ2n) is 5.06. The molecule has 1 heterocycles. The molecule has 5 nitrogen and oxygen atoms in total. The number of hydrogen-bond donors (Lipinski definition) is 1. The molecule has 0 atom stereocenters. The second kappa shape index (κ2) is 4.10. The average Bonchev–Trinajstić information content (AvgIpc) is 2.90. The highest BCUT2D eigenvalue weighted by atomic mass is 32.2. The molecule has 0 amide bonds. The minimum atomic E-state index is -3.22. The van der Waals surface area contributed by atoms with Gasteiger partial charge in [-0.3, -0.25) is 0 Å². The van der Waals surface area contributed by atoms with E-state index in [1.165, 1.54) is 25.3 Å². The van der Waals surface area contributed by atoms with Crippen molar-refractivity contribution in [2.75, 3.05) is 6.26 Å². The summed E-state index contributed by atoms with van der Waals surface area (Å²) in [6.45, 7) is 3.81. The normalized spacial score (nSPS) is 17.4. The number of nitrogens with one attached hydrogen (secondary N) is 1. The monoisotopic (exact) mass is 258 g/mol. The number of aromatic nitrogens is 1. The van der Waals surface area contributed by atoms with Crippen molar-refractivity contribution in [3.8, 4) is 0 Å². The van der Waals surface area contributed by atoms with Crippen molar-refractivity contribution >= 4 is 9.84 Å². The molecule has 0 radical (unpaired) electrons. The predicted octanol–water partition coefficient (Wildman–Crippen LogP) is 1.21. The Balaban J connectivity index is 2.11. The summed E-state index contributed by atoms with van der Waals surface area (Å²) in [6, 6.07) is 0.577. The highest BCUT2D eigenvalue weighted by molar-refractivity contribution is 7.91. The Morgan fingerprint density at radius 3 is 2.71 bits per heavy atom. The van der Waals surface area contributed by atoms with E-state index in [1.54, 1.807) is 13.8 Å². The molecule has 1 aliphatic carbocycles. The molecule has 1 aromatic rings. The molecule has 0 spiro atoms. The molecule has 1 saturated carbocycles. The van der Waals surface area contributed by atoms with Crippen molar-refractivity contribution in [3.63, 3.8) is 0 Å². The van der Waals surface area contributed by atoms with Gasteiger partial charge in [0, 0.05) is 12.3 Å². The van der Waals surface area contributed by atoms with E-state index in [0.29, 0.717) is 24.2 Å². The topological polar surface area (TPSA) is 72.2 Å². The largest absolute Gasteiger partial charge is 0.443 e. The van der Waals surface area contributed by atoms with E-state index in [4.69, 9.17) is 4.42 Å². The average molecular weight is 258 g/mol. The zero-order chi connectivity index (χ0) is 12.7. The molecular weight excluding hydrogens is 240 g/mol. The minimum Gasteiger partial charge on any atom is -0.443 e. The van der Waals surface area contributed by atoms with Gasteiger partial charge in [0.2, 0.25) is 5.89 Å². The van der Waals surface area contributed by atoms with Gasteiger partial charge in [-0.2, -0.15) is 0 Å². The van der Waals surface area contributed by atoms with E-state index in [9.17, 15) is 8.42 Å². The van der Waals surface area contributed by atoms with Crippen LogP contribution in [0.25, 0.3) is 0 Å². The lowest BCUT2D eigenvalue weighted by atomic mass is 10.2. The van der Waals surface area contributed by atoms with E-state index < -0.39 is 14.6 Å². The summed E-state index contributed by atoms with van der Waals surface area (Å²) in [6.07, 6.45) is 5.10. The van der Waals surface area contributed by atoms with Gasteiger partial charge in [-0.25, -0.2) is 13.4 Å². The number of oxazole rings is 1. The maximum Gasteiger partial charge on any atom is 0.208 e. The zero-order valence-electron chi connectivity index (χ0n) is 10.4. The molecule has 2 rings (SSSR count). The Morgan fingerprint density at radius 2 is 2.18 bits per heavy atom. The van der Waals surface area contributed by atoms with Gasteiger partial charge in [0.1, 0.15) is 10.5 Å². The Labute approximate surface area is 102 Å². The molecule has 1 aliphatic rings. The first-order valence-electron chi connectivity index (χ1n) is 5.69. The van der Waals surface area contributed by atoms with Crippen molar-refractivity contribution in [3.05, 3.63) is 17.8 Å². The Kier molecular flexibility index (Phi) is 3.03. The fourth-order valence-corrected chi connectivity index (χ4v) is 1.83. The number of sulfone groups is 1. The molecule has 1 fully saturated rings. The molecule has 0 aromatic carbocycles. The van der Waals surface area contributed by atoms with E-state index >= 15 is 0 Å². The molecule has 1 aromatic heterocycles. The predicted molar refractivity (Wildman–Crippen MR) is 64.2 cm³/mol. The van der Waals surface area contributed by atoms with Crippen LogP contribution in [0.4, 0.5) is 0 Å². The van der Waals surface area contributed by atoms with E-state index in [0.717, 1.165) is 0 Å². The molecule has 0 aliphatic heterocycles. The van der Waals surface area contributed by atoms with Gasteiger partial charge in [-0.05, 0) is 26.7 Å². The smallest absolute Gasteiger partial charge is 0.208 e. The van der Waals surface area contributed by atoms with Crippen molar-refractivity contribution in [2.24, 2.45) is 0 Å². The van der Waals surface area contributed by atoms with E-state index in [1.807, 2.05) is 0 Å². The van der Waals surface area contributed by atoms with Crippen molar-refractivity contribution in [2.45, 2.75) is 44.0 Å². The fourth-order valence-electron chi connectivity index (χ4n) is 1.37. The summed E-state index contributed by atoms with van der Waals surface area (Å²) < 4.78 is 27.7. The molecule has 0 saturated heterocycles. The van der Waals surface area contributed by atoms with Crippen LogP contribution in [0.5, 0.6) is 0 Å². The highest BCUT2D eigenvalue weighted by Crippen LogP contribution is 2.29. The van der Waals surface area contributed by atoms with Gasteiger partial charge in [-0.15, -0.1) is 0 Å². The Morgan fingerprint density at radius 1 is 1.53 bits per heavy atom. The van der Waals surface area contributed by atoms with Crippen molar-refractivity contribution in [1.29, 1.82) is 0 Å². The molecule has 6 heteroatoms. The lowest BCUT2D eigenvalue weighted by Gasteiger charge is -2.18. The summed E-state index contributed by atoms with van der Waals surface area (Å²) in [7, 11) is -3.22. The van der Waals surface area contributed by atoms with Crippen LogP contribution in [0.1, 0.15) is 38.3 Å². The van der Waals surface area contributed by atoms with Crippen LogP contribution in [0, 0.1) is 0 Å². The van der Waals surface area contributed by atoms with Crippen LogP contribution in [-0.2, 0) is 21.1 Å². The van der Waals surface area contributed by atoms with Crippen LogP contribution >= 0.6 is 0 Å². The summed E-state index contributed by atoms with van der Waals surface area (Å²) in [5.41, 5.74) is 0. The Hall–Kier alpha value is -0.880. The number of nitrogens with zero attached hydrogens (tertiary/aromatic N) is 1. The standard InChI is InChI=1S/C11H18N2O3S/c1-11(2,17(3,14)15)9-6-13-10(16-9)7-12-8-4-5-8/h6,8,12H,4-5,7H2,1-3H3. The fraction of sp³-hybridized carbons (Fsp3) is 0.727. The molecule has 17 heavy (non-hydrogen) atoms. The molecule has 1 N–H and O–H groups in total. The van der Waals surface area contributed by atoms with Crippen LogP contribution in [0.3, 0.4) is 0 Å². The molecular formula is C11H18N2O3S. The third-order valence-electron chi connectivity index (χ3n) is 3.19. The van der Waals surface area contributed by atoms with Crippen LogP contribution in [0.2, 0.25) is 0 Å². The Bertz CT molecular complexity index is 501. The first kappa shape index (κ1) is 12.6. The maximum atomic E-state index is 11.6. The highest BCUT2D eigenvalue weighted by Gasteiger charge is 2.36. The van der Waals surface area contributed by atoms with Crippen molar-refractivity contribution in [1.82, 2.24) is 10.3 Å². The van der Waals surface area contributed by atoms with E-state index in [2.05, 4.69) is 10.3 Å². The number of hydrogen-bond acceptors (Lipinski definition) is 5. The van der Waals surface area contributed by atoms with Gasteiger partial charge >= 0.3 is 0 Å². The lowest BCUT2D eigenvalue weighted by molar-refractivity contribution is 0.402. The summed E-state index contributed by atoms with van der Waals surface area (Å²) in [5, 5.41) is 3.27. The van der Waals surface area contributed by atoms with Gasteiger partial charge in [0.05, 0.1) is 12.7 Å². The van der Waals surface area contributed by atoms with Crippen molar-refractivity contribution < 1.29 is 12.8 Å². The SMILES string of the molecule is CC(C)(c1cnc(CNC2CC2)o1)S(C)(=O)=O. The van der Waals surface area contributed by atoms with Crippen LogP contribution in [-0.4, -0.2) is 25.7 Å². The van der Waals surface area contributed by atoms with Gasteiger partial charge < -0.3 is 9.73 Å². The van der Waals surface area contributed by atoms with Crippen LogP contribution < -0.4 is 5.32 Å². The quantitative estimate of drug-likeness (QED) is 0.859. The van der Waals surface area contributed by atoms with Gasteiger partial charge in [0.15, 0.2) is 9.84 Å². The summed E-state index contributed by atoms with van der Waals surface area (Å²) in [4.78, 5) is 4.10. The van der Waals surface area contributed by atoms with Gasteiger partial charge in [0.25, 0.3) is 0 Å². The lowest BCUT2D eigenvalue weighted by Crippen LogP contribution is -2.27. The van der Waals surface area contributed by atoms with Gasteiger partial charge in [-0.1, -0.05) is 0 Å². The molecule has 0 bridgehead atoms. The zero-order valence-corrected chi connectivity index (χ0v) is 11.2. The number of rotatable bonds is 5. The summed E-state index contributed by atoms with van der Waals surface area (Å²) in [5.74, 6) is 0.941. The third kappa shape index (κ3) is 2.69. The molecule has 0 unspecified atom stereocenters. The third-order valence-corrected chi connectivity index (χ3v) is 5.25.